The van der Waals surface area contributed by atoms with E-state index in [1.54, 1.807) is 12.1 Å². The van der Waals surface area contributed by atoms with E-state index < -0.39 is 0 Å². The molecule has 0 spiro atoms. The van der Waals surface area contributed by atoms with E-state index in [2.05, 4.69) is 30.6 Å². The van der Waals surface area contributed by atoms with E-state index in [0.29, 0.717) is 10.8 Å². The Kier molecular flexibility index (Phi) is 7.97. The number of phenolic OH excluding ortho intramolecular Hbond substituents is 1. The predicted molar refractivity (Wildman–Crippen MR) is 86.5 cm³/mol. The van der Waals surface area contributed by atoms with Crippen LogP contribution in [0.5, 0.6) is 5.75 Å². The molecular formula is C16H27ClN2O. The second-order valence-corrected chi connectivity index (χ2v) is 5.46. The zero-order valence-electron chi connectivity index (χ0n) is 12.9. The van der Waals surface area contributed by atoms with Gasteiger partial charge in [-0.3, -0.25) is 4.90 Å². The number of benzene rings is 1. The quantitative estimate of drug-likeness (QED) is 0.754. The number of rotatable bonds is 9. The van der Waals surface area contributed by atoms with Gasteiger partial charge in [0, 0.05) is 17.1 Å². The maximum Gasteiger partial charge on any atom is 0.120 e. The first-order chi connectivity index (χ1) is 9.60. The lowest BCUT2D eigenvalue weighted by Crippen LogP contribution is -2.29. The third kappa shape index (κ3) is 5.70. The summed E-state index contributed by atoms with van der Waals surface area (Å²) in [6.45, 7) is 12.7. The first kappa shape index (κ1) is 17.3. The highest BCUT2D eigenvalue weighted by atomic mass is 35.5. The molecule has 0 aliphatic rings. The third-order valence-electron chi connectivity index (χ3n) is 3.73. The molecule has 4 heteroatoms. The number of aromatic hydroxyl groups is 1. The number of halogens is 1. The first-order valence-electron chi connectivity index (χ1n) is 7.52. The Morgan fingerprint density at radius 2 is 1.60 bits per heavy atom. The number of hydrogen-bond donors (Lipinski definition) is 1. The van der Waals surface area contributed by atoms with E-state index in [1.165, 1.54) is 0 Å². The molecule has 1 aromatic carbocycles. The van der Waals surface area contributed by atoms with Crippen LogP contribution in [0.25, 0.3) is 0 Å². The van der Waals surface area contributed by atoms with Crippen LogP contribution >= 0.6 is 11.6 Å². The van der Waals surface area contributed by atoms with E-state index in [-0.39, 0.29) is 0 Å². The summed E-state index contributed by atoms with van der Waals surface area (Å²) in [5.41, 5.74) is 0.905. The van der Waals surface area contributed by atoms with E-state index in [4.69, 9.17) is 11.6 Å². The Bertz CT molecular complexity index is 394. The van der Waals surface area contributed by atoms with Crippen LogP contribution in [0.1, 0.15) is 32.8 Å². The van der Waals surface area contributed by atoms with Gasteiger partial charge in [-0.05, 0) is 57.3 Å². The number of phenols is 1. The van der Waals surface area contributed by atoms with Gasteiger partial charge in [0.05, 0.1) is 0 Å². The minimum absolute atomic E-state index is 0.330. The van der Waals surface area contributed by atoms with Gasteiger partial charge in [0.1, 0.15) is 5.75 Å². The van der Waals surface area contributed by atoms with Crippen molar-refractivity contribution in [2.45, 2.75) is 33.7 Å². The van der Waals surface area contributed by atoms with Crippen molar-refractivity contribution < 1.29 is 5.11 Å². The molecule has 0 amide bonds. The average Bonchev–Trinajstić information content (AvgIpc) is 2.46. The zero-order valence-corrected chi connectivity index (χ0v) is 13.7. The van der Waals surface area contributed by atoms with E-state index in [0.717, 1.165) is 51.3 Å². The van der Waals surface area contributed by atoms with Crippen molar-refractivity contribution in [1.29, 1.82) is 0 Å². The highest BCUT2D eigenvalue weighted by Crippen LogP contribution is 2.22. The Morgan fingerprint density at radius 3 is 2.20 bits per heavy atom. The SMILES string of the molecule is CCN(CC)CCCN(CC)Cc1cc(Cl)ccc1O. The third-order valence-corrected chi connectivity index (χ3v) is 3.96. The van der Waals surface area contributed by atoms with Gasteiger partial charge in [0.25, 0.3) is 0 Å². The molecule has 0 saturated heterocycles. The largest absolute Gasteiger partial charge is 0.508 e. The van der Waals surface area contributed by atoms with Crippen molar-refractivity contribution in [2.75, 3.05) is 32.7 Å². The molecule has 0 aliphatic heterocycles. The van der Waals surface area contributed by atoms with Crippen molar-refractivity contribution in [3.8, 4) is 5.75 Å². The van der Waals surface area contributed by atoms with Crippen LogP contribution in [0.4, 0.5) is 0 Å². The van der Waals surface area contributed by atoms with Crippen LogP contribution < -0.4 is 0 Å². The summed E-state index contributed by atoms with van der Waals surface area (Å²) in [5.74, 6) is 0.330. The number of nitrogens with zero attached hydrogens (tertiary/aromatic N) is 2. The van der Waals surface area contributed by atoms with Crippen molar-refractivity contribution in [3.05, 3.63) is 28.8 Å². The molecule has 0 unspecified atom stereocenters. The maximum absolute atomic E-state index is 9.88. The molecule has 0 atom stereocenters. The van der Waals surface area contributed by atoms with Gasteiger partial charge in [0.15, 0.2) is 0 Å². The molecule has 0 aliphatic carbocycles. The molecule has 1 aromatic rings. The van der Waals surface area contributed by atoms with Gasteiger partial charge in [-0.2, -0.15) is 0 Å². The summed E-state index contributed by atoms with van der Waals surface area (Å²) in [7, 11) is 0. The van der Waals surface area contributed by atoms with Crippen LogP contribution in [0.2, 0.25) is 5.02 Å². The molecular weight excluding hydrogens is 272 g/mol. The van der Waals surface area contributed by atoms with E-state index in [9.17, 15) is 5.11 Å². The Hall–Kier alpha value is -0.770. The van der Waals surface area contributed by atoms with Gasteiger partial charge in [-0.1, -0.05) is 32.4 Å². The molecule has 0 fully saturated rings. The molecule has 0 saturated carbocycles. The molecule has 3 nitrogen and oxygen atoms in total. The first-order valence-corrected chi connectivity index (χ1v) is 7.90. The fraction of sp³-hybridized carbons (Fsp3) is 0.625. The summed E-state index contributed by atoms with van der Waals surface area (Å²) in [6, 6.07) is 5.24. The Labute approximate surface area is 128 Å². The normalized spacial score (nSPS) is 11.5. The molecule has 0 aromatic heterocycles. The topological polar surface area (TPSA) is 26.7 Å². The molecule has 0 radical (unpaired) electrons. The lowest BCUT2D eigenvalue weighted by atomic mass is 10.2. The summed E-state index contributed by atoms with van der Waals surface area (Å²) in [6.07, 6.45) is 1.15. The van der Waals surface area contributed by atoms with Crippen molar-refractivity contribution in [3.63, 3.8) is 0 Å². The smallest absolute Gasteiger partial charge is 0.120 e. The number of hydrogen-bond acceptors (Lipinski definition) is 3. The molecule has 20 heavy (non-hydrogen) atoms. The summed E-state index contributed by atoms with van der Waals surface area (Å²) in [4.78, 5) is 4.78. The van der Waals surface area contributed by atoms with Crippen LogP contribution in [0.15, 0.2) is 18.2 Å². The predicted octanol–water partition coefficient (Wildman–Crippen LogP) is 3.60. The monoisotopic (exact) mass is 298 g/mol. The summed E-state index contributed by atoms with van der Waals surface area (Å²) < 4.78 is 0. The minimum Gasteiger partial charge on any atom is -0.508 e. The van der Waals surface area contributed by atoms with E-state index in [1.807, 2.05) is 6.07 Å². The molecule has 114 valence electrons. The summed E-state index contributed by atoms with van der Waals surface area (Å²) >= 11 is 5.99. The van der Waals surface area contributed by atoms with Crippen LogP contribution in [0, 0.1) is 0 Å². The van der Waals surface area contributed by atoms with Crippen molar-refractivity contribution in [1.82, 2.24) is 9.80 Å². The molecule has 1 rings (SSSR count). The van der Waals surface area contributed by atoms with Crippen LogP contribution in [-0.4, -0.2) is 47.6 Å². The molecule has 0 bridgehead atoms. The fourth-order valence-electron chi connectivity index (χ4n) is 2.33. The highest BCUT2D eigenvalue weighted by molar-refractivity contribution is 6.30. The summed E-state index contributed by atoms with van der Waals surface area (Å²) in [5, 5.41) is 10.6. The van der Waals surface area contributed by atoms with Crippen LogP contribution in [0.3, 0.4) is 0 Å². The molecule has 1 N–H and O–H groups in total. The zero-order chi connectivity index (χ0) is 15.0. The average molecular weight is 299 g/mol. The Balaban J connectivity index is 2.48. The van der Waals surface area contributed by atoms with E-state index >= 15 is 0 Å². The Morgan fingerprint density at radius 1 is 1.00 bits per heavy atom. The van der Waals surface area contributed by atoms with Crippen LogP contribution in [-0.2, 0) is 6.54 Å². The van der Waals surface area contributed by atoms with Gasteiger partial charge in [-0.25, -0.2) is 0 Å². The lowest BCUT2D eigenvalue weighted by Gasteiger charge is -2.23. The maximum atomic E-state index is 9.88. The second kappa shape index (κ2) is 9.22. The van der Waals surface area contributed by atoms with Gasteiger partial charge in [0.2, 0.25) is 0 Å². The van der Waals surface area contributed by atoms with Gasteiger partial charge in [-0.15, -0.1) is 0 Å². The second-order valence-electron chi connectivity index (χ2n) is 5.02. The van der Waals surface area contributed by atoms with Gasteiger partial charge >= 0.3 is 0 Å². The molecule has 0 heterocycles. The lowest BCUT2D eigenvalue weighted by molar-refractivity contribution is 0.236. The minimum atomic E-state index is 0.330. The van der Waals surface area contributed by atoms with Crippen molar-refractivity contribution in [2.24, 2.45) is 0 Å². The van der Waals surface area contributed by atoms with Gasteiger partial charge < -0.3 is 10.0 Å². The van der Waals surface area contributed by atoms with Crippen molar-refractivity contribution >= 4 is 11.6 Å². The fourth-order valence-corrected chi connectivity index (χ4v) is 2.52. The standard InChI is InChI=1S/C16H27ClN2O/c1-4-18(5-2)10-7-11-19(6-3)13-14-12-15(17)8-9-16(14)20/h8-9,12,20H,4-7,10-11,13H2,1-3H3. The highest BCUT2D eigenvalue weighted by Gasteiger charge is 2.09.